The Morgan fingerprint density at radius 3 is 2.70 bits per heavy atom. The minimum absolute atomic E-state index is 0.126. The number of aromatic nitrogens is 2. The van der Waals surface area contributed by atoms with Crippen LogP contribution in [0.4, 0.5) is 0 Å². The van der Waals surface area contributed by atoms with Crippen molar-refractivity contribution in [1.29, 1.82) is 0 Å². The number of carbonyl (C=O) groups is 1. The number of aryl methyl sites for hydroxylation is 1. The van der Waals surface area contributed by atoms with Crippen LogP contribution in [0.5, 0.6) is 0 Å². The third-order valence-electron chi connectivity index (χ3n) is 4.27. The number of amides is 1. The predicted octanol–water partition coefficient (Wildman–Crippen LogP) is 3.98. The number of nitrogens with zero attached hydrogens (tertiary/aromatic N) is 2. The molecular weight excluding hydrogens is 378 g/mol. The summed E-state index contributed by atoms with van der Waals surface area (Å²) in [4.78, 5) is 30.2. The standard InChI is InChI=1S/C20H21N3O2S2/c1-4-10-23-19(25)16-14(13-8-6-12(3)7-9-13)11-26-18(16)22-20(23)27-15(5-2)17(21)24/h4,6-9,11,15H,1,5,10H2,2-3H3,(H2,21,24)/t15-/m1/s1. The van der Waals surface area contributed by atoms with Gasteiger partial charge in [0.2, 0.25) is 5.91 Å². The summed E-state index contributed by atoms with van der Waals surface area (Å²) in [7, 11) is 0. The van der Waals surface area contributed by atoms with Crippen LogP contribution in [-0.4, -0.2) is 20.7 Å². The maximum absolute atomic E-state index is 13.3. The van der Waals surface area contributed by atoms with E-state index in [0.717, 1.165) is 16.7 Å². The Kier molecular flexibility index (Phi) is 5.82. The second-order valence-corrected chi connectivity index (χ2v) is 8.24. The Hall–Kier alpha value is -2.38. The molecule has 0 aliphatic heterocycles. The SMILES string of the molecule is C=CCn1c(S[C@H](CC)C(N)=O)nc2scc(-c3ccc(C)cc3)c2c1=O. The Morgan fingerprint density at radius 2 is 2.11 bits per heavy atom. The van der Waals surface area contributed by atoms with Crippen molar-refractivity contribution < 1.29 is 4.79 Å². The van der Waals surface area contributed by atoms with Gasteiger partial charge in [0.05, 0.1) is 10.6 Å². The van der Waals surface area contributed by atoms with Gasteiger partial charge in [0, 0.05) is 17.5 Å². The van der Waals surface area contributed by atoms with Crippen molar-refractivity contribution >= 4 is 39.2 Å². The minimum atomic E-state index is -0.429. The van der Waals surface area contributed by atoms with E-state index in [0.29, 0.717) is 28.3 Å². The zero-order chi connectivity index (χ0) is 19.6. The zero-order valence-electron chi connectivity index (χ0n) is 15.3. The molecule has 3 rings (SSSR count). The van der Waals surface area contributed by atoms with Crippen LogP contribution >= 0.6 is 23.1 Å². The van der Waals surface area contributed by atoms with Gasteiger partial charge in [-0.3, -0.25) is 14.2 Å². The summed E-state index contributed by atoms with van der Waals surface area (Å²) in [6.07, 6.45) is 2.23. The average Bonchev–Trinajstić information content (AvgIpc) is 3.07. The summed E-state index contributed by atoms with van der Waals surface area (Å²) in [5.74, 6) is -0.409. The summed E-state index contributed by atoms with van der Waals surface area (Å²) in [6, 6.07) is 8.07. The fraction of sp³-hybridized carbons (Fsp3) is 0.250. The highest BCUT2D eigenvalue weighted by molar-refractivity contribution is 8.00. The summed E-state index contributed by atoms with van der Waals surface area (Å²) in [5.41, 5.74) is 8.37. The number of fused-ring (bicyclic) bond motifs is 1. The van der Waals surface area contributed by atoms with E-state index in [4.69, 9.17) is 5.73 Å². The summed E-state index contributed by atoms with van der Waals surface area (Å²) in [5, 5.41) is 2.63. The molecule has 0 aliphatic carbocycles. The first-order chi connectivity index (χ1) is 13.0. The predicted molar refractivity (Wildman–Crippen MR) is 113 cm³/mol. The van der Waals surface area contributed by atoms with Gasteiger partial charge in [0.15, 0.2) is 5.16 Å². The topological polar surface area (TPSA) is 78.0 Å². The van der Waals surface area contributed by atoms with Crippen LogP contribution in [0.15, 0.2) is 52.3 Å². The summed E-state index contributed by atoms with van der Waals surface area (Å²) in [6.45, 7) is 7.98. The van der Waals surface area contributed by atoms with Crippen LogP contribution < -0.4 is 11.3 Å². The number of hydrogen-bond donors (Lipinski definition) is 1. The van der Waals surface area contributed by atoms with Crippen molar-refractivity contribution in [1.82, 2.24) is 9.55 Å². The molecule has 0 spiro atoms. The number of primary amides is 1. The Labute approximate surface area is 165 Å². The van der Waals surface area contributed by atoms with Gasteiger partial charge in [-0.25, -0.2) is 4.98 Å². The van der Waals surface area contributed by atoms with Crippen molar-refractivity contribution in [3.8, 4) is 11.1 Å². The first-order valence-electron chi connectivity index (χ1n) is 8.62. The van der Waals surface area contributed by atoms with Gasteiger partial charge >= 0.3 is 0 Å². The molecule has 0 bridgehead atoms. The van der Waals surface area contributed by atoms with Gasteiger partial charge in [-0.1, -0.05) is 54.6 Å². The second kappa shape index (κ2) is 8.10. The first-order valence-corrected chi connectivity index (χ1v) is 10.4. The Balaban J connectivity index is 2.19. The summed E-state index contributed by atoms with van der Waals surface area (Å²) < 4.78 is 1.57. The van der Waals surface area contributed by atoms with Gasteiger partial charge in [-0.05, 0) is 18.9 Å². The lowest BCUT2D eigenvalue weighted by Gasteiger charge is -2.14. The second-order valence-electron chi connectivity index (χ2n) is 6.21. The fourth-order valence-corrected chi connectivity index (χ4v) is 4.76. The highest BCUT2D eigenvalue weighted by Crippen LogP contribution is 2.33. The summed E-state index contributed by atoms with van der Waals surface area (Å²) >= 11 is 2.67. The maximum Gasteiger partial charge on any atom is 0.263 e. The number of thioether (sulfide) groups is 1. The van der Waals surface area contributed by atoms with Crippen molar-refractivity contribution in [2.75, 3.05) is 0 Å². The maximum atomic E-state index is 13.3. The van der Waals surface area contributed by atoms with E-state index >= 15 is 0 Å². The number of allylic oxidation sites excluding steroid dienone is 1. The molecular formula is C20H21N3O2S2. The normalized spacial score (nSPS) is 12.2. The van der Waals surface area contributed by atoms with Crippen LogP contribution in [0.1, 0.15) is 18.9 Å². The van der Waals surface area contributed by atoms with Crippen LogP contribution in [0, 0.1) is 6.92 Å². The number of nitrogens with two attached hydrogens (primary N) is 1. The molecule has 3 aromatic rings. The Morgan fingerprint density at radius 1 is 1.41 bits per heavy atom. The van der Waals surface area contributed by atoms with Crippen LogP contribution in [0.2, 0.25) is 0 Å². The highest BCUT2D eigenvalue weighted by Gasteiger charge is 2.21. The number of hydrogen-bond acceptors (Lipinski definition) is 5. The van der Waals surface area contributed by atoms with Gasteiger partial charge in [0.1, 0.15) is 4.83 Å². The van der Waals surface area contributed by atoms with E-state index in [9.17, 15) is 9.59 Å². The van der Waals surface area contributed by atoms with E-state index in [1.165, 1.54) is 23.1 Å². The molecule has 0 saturated heterocycles. The third kappa shape index (κ3) is 3.84. The molecule has 7 heteroatoms. The van der Waals surface area contributed by atoms with E-state index in [-0.39, 0.29) is 5.56 Å². The minimum Gasteiger partial charge on any atom is -0.369 e. The molecule has 0 radical (unpaired) electrons. The van der Waals surface area contributed by atoms with Crippen LogP contribution in [-0.2, 0) is 11.3 Å². The third-order valence-corrected chi connectivity index (χ3v) is 6.51. The first kappa shape index (κ1) is 19.4. The van der Waals surface area contributed by atoms with Crippen molar-refractivity contribution in [2.24, 2.45) is 5.73 Å². The molecule has 0 fully saturated rings. The molecule has 0 unspecified atom stereocenters. The van der Waals surface area contributed by atoms with Gasteiger partial charge < -0.3 is 5.73 Å². The lowest BCUT2D eigenvalue weighted by atomic mass is 10.1. The fourth-order valence-electron chi connectivity index (χ4n) is 2.80. The highest BCUT2D eigenvalue weighted by atomic mass is 32.2. The number of benzene rings is 1. The molecule has 2 heterocycles. The molecule has 1 aromatic carbocycles. The number of rotatable bonds is 7. The molecule has 2 N–H and O–H groups in total. The number of carbonyl (C=O) groups excluding carboxylic acids is 1. The van der Waals surface area contributed by atoms with E-state index < -0.39 is 11.2 Å². The lowest BCUT2D eigenvalue weighted by Crippen LogP contribution is -2.28. The average molecular weight is 400 g/mol. The van der Waals surface area contributed by atoms with Crippen LogP contribution in [0.3, 0.4) is 0 Å². The van der Waals surface area contributed by atoms with Gasteiger partial charge in [0.25, 0.3) is 5.56 Å². The quantitative estimate of drug-likeness (QED) is 0.370. The smallest absolute Gasteiger partial charge is 0.263 e. The molecule has 140 valence electrons. The lowest BCUT2D eigenvalue weighted by molar-refractivity contribution is -0.117. The van der Waals surface area contributed by atoms with E-state index in [1.807, 2.05) is 43.5 Å². The molecule has 1 atom stereocenters. The van der Waals surface area contributed by atoms with Crippen molar-refractivity contribution in [3.63, 3.8) is 0 Å². The molecule has 2 aromatic heterocycles. The molecule has 5 nitrogen and oxygen atoms in total. The molecule has 0 aliphatic rings. The Bertz CT molecular complexity index is 1050. The van der Waals surface area contributed by atoms with Gasteiger partial charge in [-0.15, -0.1) is 17.9 Å². The van der Waals surface area contributed by atoms with Crippen LogP contribution in [0.25, 0.3) is 21.3 Å². The van der Waals surface area contributed by atoms with Crippen molar-refractivity contribution in [3.05, 3.63) is 58.2 Å². The monoisotopic (exact) mass is 399 g/mol. The molecule has 0 saturated carbocycles. The van der Waals surface area contributed by atoms with Crippen molar-refractivity contribution in [2.45, 2.75) is 37.2 Å². The van der Waals surface area contributed by atoms with E-state index in [2.05, 4.69) is 11.6 Å². The molecule has 1 amide bonds. The molecule has 27 heavy (non-hydrogen) atoms. The zero-order valence-corrected chi connectivity index (χ0v) is 16.9. The largest absolute Gasteiger partial charge is 0.369 e. The number of thiophene rings is 1. The van der Waals surface area contributed by atoms with Gasteiger partial charge in [-0.2, -0.15) is 0 Å². The van der Waals surface area contributed by atoms with E-state index in [1.54, 1.807) is 10.6 Å².